The fraction of sp³-hybridized carbons (Fsp3) is 0.769. The molecule has 0 N–H and O–H groups in total. The van der Waals surface area contributed by atoms with Crippen molar-refractivity contribution in [1.29, 1.82) is 0 Å². The zero-order valence-corrected chi connectivity index (χ0v) is 13.3. The molecule has 1 aromatic heterocycles. The molecule has 6 nitrogen and oxygen atoms in total. The van der Waals surface area contributed by atoms with Crippen LogP contribution in [0.15, 0.2) is 12.4 Å². The molecule has 0 aromatic carbocycles. The third-order valence-corrected chi connectivity index (χ3v) is 5.95. The second kappa shape index (κ2) is 6.24. The molecule has 1 fully saturated rings. The van der Waals surface area contributed by atoms with Gasteiger partial charge in [0, 0.05) is 45.5 Å². The van der Waals surface area contributed by atoms with E-state index >= 15 is 0 Å². The highest BCUT2D eigenvalue weighted by Gasteiger charge is 2.30. The summed E-state index contributed by atoms with van der Waals surface area (Å²) in [5.41, 5.74) is 0.899. The standard InChI is InChI=1S/C13H24N4O2S/c1-15-10-12(9-14-15)11-16(2)20(18,19)17(3)13-7-5-4-6-8-13/h9-10,13H,4-8,11H2,1-3H3. The molecule has 20 heavy (non-hydrogen) atoms. The molecule has 0 spiro atoms. The van der Waals surface area contributed by atoms with Gasteiger partial charge in [-0.1, -0.05) is 19.3 Å². The minimum atomic E-state index is -3.40. The van der Waals surface area contributed by atoms with Crippen LogP contribution >= 0.6 is 0 Å². The highest BCUT2D eigenvalue weighted by Crippen LogP contribution is 2.24. The quantitative estimate of drug-likeness (QED) is 0.825. The van der Waals surface area contributed by atoms with E-state index in [9.17, 15) is 8.42 Å². The zero-order chi connectivity index (χ0) is 14.8. The predicted octanol–water partition coefficient (Wildman–Crippen LogP) is 1.36. The van der Waals surface area contributed by atoms with E-state index in [-0.39, 0.29) is 6.04 Å². The third kappa shape index (κ3) is 3.39. The normalized spacial score (nSPS) is 18.1. The van der Waals surface area contributed by atoms with Crippen molar-refractivity contribution in [3.63, 3.8) is 0 Å². The van der Waals surface area contributed by atoms with E-state index in [0.717, 1.165) is 31.2 Å². The molecule has 1 aliphatic carbocycles. The molecule has 1 aliphatic rings. The smallest absolute Gasteiger partial charge is 0.275 e. The maximum absolute atomic E-state index is 12.6. The Morgan fingerprint density at radius 3 is 2.50 bits per heavy atom. The maximum atomic E-state index is 12.6. The fourth-order valence-electron chi connectivity index (χ4n) is 2.75. The second-order valence-electron chi connectivity index (χ2n) is 5.59. The molecule has 1 aromatic rings. The average Bonchev–Trinajstić information content (AvgIpc) is 2.84. The lowest BCUT2D eigenvalue weighted by molar-refractivity contribution is 0.268. The molecule has 0 atom stereocenters. The summed E-state index contributed by atoms with van der Waals surface area (Å²) in [7, 11) is 1.75. The monoisotopic (exact) mass is 300 g/mol. The van der Waals surface area contributed by atoms with Crippen LogP contribution in [0, 0.1) is 0 Å². The van der Waals surface area contributed by atoms with Crippen LogP contribution < -0.4 is 0 Å². The first-order valence-corrected chi connectivity index (χ1v) is 8.48. The number of aromatic nitrogens is 2. The van der Waals surface area contributed by atoms with Gasteiger partial charge in [0.25, 0.3) is 10.2 Å². The van der Waals surface area contributed by atoms with E-state index in [4.69, 9.17) is 0 Å². The van der Waals surface area contributed by atoms with Crippen molar-refractivity contribution in [3.05, 3.63) is 18.0 Å². The third-order valence-electron chi connectivity index (χ3n) is 4.01. The molecular weight excluding hydrogens is 276 g/mol. The van der Waals surface area contributed by atoms with Crippen LogP contribution in [0.1, 0.15) is 37.7 Å². The van der Waals surface area contributed by atoms with Crippen molar-refractivity contribution >= 4 is 10.2 Å². The van der Waals surface area contributed by atoms with Gasteiger partial charge in [0.15, 0.2) is 0 Å². The van der Waals surface area contributed by atoms with Crippen molar-refractivity contribution in [2.24, 2.45) is 7.05 Å². The summed E-state index contributed by atoms with van der Waals surface area (Å²) in [6.07, 6.45) is 8.94. The van der Waals surface area contributed by atoms with Gasteiger partial charge in [-0.15, -0.1) is 0 Å². The lowest BCUT2D eigenvalue weighted by Gasteiger charge is -2.33. The van der Waals surface area contributed by atoms with Crippen LogP contribution in [0.3, 0.4) is 0 Å². The molecule has 0 amide bonds. The van der Waals surface area contributed by atoms with Gasteiger partial charge in [0.1, 0.15) is 0 Å². The molecule has 1 heterocycles. The summed E-state index contributed by atoms with van der Waals surface area (Å²) in [5, 5.41) is 4.07. The van der Waals surface area contributed by atoms with E-state index in [0.29, 0.717) is 6.54 Å². The minimum absolute atomic E-state index is 0.144. The highest BCUT2D eigenvalue weighted by molar-refractivity contribution is 7.86. The van der Waals surface area contributed by atoms with Gasteiger partial charge in [-0.2, -0.15) is 22.1 Å². The Hall–Kier alpha value is -0.920. The predicted molar refractivity (Wildman–Crippen MR) is 78.2 cm³/mol. The molecule has 0 bridgehead atoms. The van der Waals surface area contributed by atoms with Crippen molar-refractivity contribution in [2.45, 2.75) is 44.7 Å². The number of hydrogen-bond donors (Lipinski definition) is 0. The first-order chi connectivity index (χ1) is 9.41. The molecule has 7 heteroatoms. The number of rotatable bonds is 5. The lowest BCUT2D eigenvalue weighted by Crippen LogP contribution is -2.45. The summed E-state index contributed by atoms with van der Waals surface area (Å²) < 4.78 is 29.8. The largest absolute Gasteiger partial charge is 0.282 e. The first-order valence-electron chi connectivity index (χ1n) is 7.08. The Morgan fingerprint density at radius 2 is 1.95 bits per heavy atom. The highest BCUT2D eigenvalue weighted by atomic mass is 32.2. The van der Waals surface area contributed by atoms with Crippen LogP contribution in [0.5, 0.6) is 0 Å². The molecule has 1 saturated carbocycles. The van der Waals surface area contributed by atoms with Crippen molar-refractivity contribution in [2.75, 3.05) is 14.1 Å². The molecule has 0 saturated heterocycles. The van der Waals surface area contributed by atoms with Crippen LogP contribution in [0.4, 0.5) is 0 Å². The summed E-state index contributed by atoms with van der Waals surface area (Å²) in [5.74, 6) is 0. The lowest BCUT2D eigenvalue weighted by atomic mass is 9.96. The maximum Gasteiger partial charge on any atom is 0.282 e. The number of hydrogen-bond acceptors (Lipinski definition) is 3. The molecule has 0 aliphatic heterocycles. The SMILES string of the molecule is CN(Cc1cnn(C)c1)S(=O)(=O)N(C)C1CCCCC1. The van der Waals surface area contributed by atoms with E-state index < -0.39 is 10.2 Å². The molecule has 0 unspecified atom stereocenters. The number of aryl methyl sites for hydroxylation is 1. The number of nitrogens with zero attached hydrogens (tertiary/aromatic N) is 4. The van der Waals surface area contributed by atoms with Crippen LogP contribution in [0.2, 0.25) is 0 Å². The minimum Gasteiger partial charge on any atom is -0.275 e. The van der Waals surface area contributed by atoms with Crippen molar-refractivity contribution < 1.29 is 8.42 Å². The summed E-state index contributed by atoms with van der Waals surface area (Å²) >= 11 is 0. The first kappa shape index (κ1) is 15.5. The van der Waals surface area contributed by atoms with Crippen LogP contribution in [0.25, 0.3) is 0 Å². The molecule has 114 valence electrons. The molecular formula is C13H24N4O2S. The topological polar surface area (TPSA) is 58.4 Å². The summed E-state index contributed by atoms with van der Waals surface area (Å²) in [6, 6.07) is 0.144. The summed E-state index contributed by atoms with van der Waals surface area (Å²) in [4.78, 5) is 0. The van der Waals surface area contributed by atoms with Gasteiger partial charge in [-0.05, 0) is 12.8 Å². The average molecular weight is 300 g/mol. The fourth-order valence-corrected chi connectivity index (χ4v) is 4.08. The Bertz CT molecular complexity index is 534. The van der Waals surface area contributed by atoms with Crippen LogP contribution in [-0.4, -0.2) is 46.9 Å². The van der Waals surface area contributed by atoms with Crippen LogP contribution in [-0.2, 0) is 23.8 Å². The van der Waals surface area contributed by atoms with Gasteiger partial charge < -0.3 is 0 Å². The van der Waals surface area contributed by atoms with Gasteiger partial charge in [0.2, 0.25) is 0 Å². The van der Waals surface area contributed by atoms with Gasteiger partial charge >= 0.3 is 0 Å². The van der Waals surface area contributed by atoms with Gasteiger partial charge in [0.05, 0.1) is 6.20 Å². The zero-order valence-electron chi connectivity index (χ0n) is 12.5. The Morgan fingerprint density at radius 1 is 1.30 bits per heavy atom. The Balaban J connectivity index is 2.04. The Labute approximate surface area is 121 Å². The Kier molecular flexibility index (Phi) is 4.82. The van der Waals surface area contributed by atoms with Gasteiger partial charge in [-0.3, -0.25) is 4.68 Å². The van der Waals surface area contributed by atoms with E-state index in [1.807, 2.05) is 13.2 Å². The molecule has 2 rings (SSSR count). The van der Waals surface area contributed by atoms with Gasteiger partial charge in [-0.25, -0.2) is 0 Å². The van der Waals surface area contributed by atoms with Crippen molar-refractivity contribution in [3.8, 4) is 0 Å². The molecule has 0 radical (unpaired) electrons. The van der Waals surface area contributed by atoms with E-state index in [1.54, 1.807) is 29.3 Å². The van der Waals surface area contributed by atoms with E-state index in [2.05, 4.69) is 5.10 Å². The van der Waals surface area contributed by atoms with Crippen molar-refractivity contribution in [1.82, 2.24) is 18.4 Å². The van der Waals surface area contributed by atoms with E-state index in [1.165, 1.54) is 10.7 Å². The summed E-state index contributed by atoms with van der Waals surface area (Å²) in [6.45, 7) is 0.354. The second-order valence-corrected chi connectivity index (χ2v) is 7.69.